The largest absolute Gasteiger partial charge is 0.508 e. The summed E-state index contributed by atoms with van der Waals surface area (Å²) in [4.78, 5) is 0. The Morgan fingerprint density at radius 2 is 1.78 bits per heavy atom. The summed E-state index contributed by atoms with van der Waals surface area (Å²) in [6.45, 7) is 4.39. The Morgan fingerprint density at radius 1 is 1.11 bits per heavy atom. The van der Waals surface area contributed by atoms with Gasteiger partial charge in [0.1, 0.15) is 5.75 Å². The van der Waals surface area contributed by atoms with E-state index in [0.717, 1.165) is 24.9 Å². The summed E-state index contributed by atoms with van der Waals surface area (Å²) in [5, 5.41) is 12.7. The summed E-state index contributed by atoms with van der Waals surface area (Å²) in [5.41, 5.74) is 1.24. The van der Waals surface area contributed by atoms with Crippen molar-refractivity contribution in [3.8, 4) is 5.75 Å². The Labute approximate surface area is 110 Å². The molecule has 1 aromatic rings. The van der Waals surface area contributed by atoms with Crippen LogP contribution in [-0.4, -0.2) is 11.7 Å². The minimum Gasteiger partial charge on any atom is -0.508 e. The number of aromatic hydroxyl groups is 1. The second-order valence-corrected chi connectivity index (χ2v) is 5.76. The van der Waals surface area contributed by atoms with Crippen LogP contribution >= 0.6 is 0 Å². The normalized spacial score (nSPS) is 24.1. The summed E-state index contributed by atoms with van der Waals surface area (Å²) in [6, 6.07) is 7.45. The molecule has 1 aromatic carbocycles. The topological polar surface area (TPSA) is 32.3 Å². The molecule has 2 N–H and O–H groups in total. The van der Waals surface area contributed by atoms with Crippen LogP contribution in [0.25, 0.3) is 0 Å². The number of nitrogens with one attached hydrogen (secondary N) is 1. The van der Waals surface area contributed by atoms with Gasteiger partial charge in [0.25, 0.3) is 0 Å². The number of hydrogen-bond donors (Lipinski definition) is 2. The van der Waals surface area contributed by atoms with Gasteiger partial charge < -0.3 is 10.4 Å². The fourth-order valence-electron chi connectivity index (χ4n) is 2.77. The molecular formula is C16H25NO. The molecule has 0 heterocycles. The zero-order valence-corrected chi connectivity index (χ0v) is 11.4. The summed E-state index contributed by atoms with van der Waals surface area (Å²) in [7, 11) is 0. The van der Waals surface area contributed by atoms with Gasteiger partial charge in [-0.2, -0.15) is 0 Å². The van der Waals surface area contributed by atoms with E-state index in [9.17, 15) is 5.11 Å². The Kier molecular flexibility index (Phi) is 5.06. The second-order valence-electron chi connectivity index (χ2n) is 5.76. The Balaban J connectivity index is 1.60. The lowest BCUT2D eigenvalue weighted by molar-refractivity contribution is 0.275. The average Bonchev–Trinajstić information content (AvgIpc) is 2.39. The van der Waals surface area contributed by atoms with E-state index in [1.54, 1.807) is 12.1 Å². The summed E-state index contributed by atoms with van der Waals surface area (Å²) < 4.78 is 0. The third-order valence-electron chi connectivity index (χ3n) is 4.13. The molecule has 2 heteroatoms. The quantitative estimate of drug-likeness (QED) is 0.778. The Hall–Kier alpha value is -1.02. The van der Waals surface area contributed by atoms with Gasteiger partial charge in [0.05, 0.1) is 0 Å². The molecule has 2 rings (SSSR count). The van der Waals surface area contributed by atoms with Crippen LogP contribution in [-0.2, 0) is 6.54 Å². The molecule has 100 valence electrons. The van der Waals surface area contributed by atoms with E-state index >= 15 is 0 Å². The highest BCUT2D eigenvalue weighted by Crippen LogP contribution is 2.29. The maximum atomic E-state index is 9.20. The molecule has 0 bridgehead atoms. The highest BCUT2D eigenvalue weighted by atomic mass is 16.3. The van der Waals surface area contributed by atoms with Crippen LogP contribution in [0.15, 0.2) is 24.3 Å². The van der Waals surface area contributed by atoms with Crippen LogP contribution in [0.4, 0.5) is 0 Å². The Bertz CT molecular complexity index is 339. The summed E-state index contributed by atoms with van der Waals surface area (Å²) >= 11 is 0. The van der Waals surface area contributed by atoms with Crippen LogP contribution < -0.4 is 5.32 Å². The van der Waals surface area contributed by atoms with Gasteiger partial charge in [-0.15, -0.1) is 0 Å². The predicted molar refractivity (Wildman–Crippen MR) is 75.6 cm³/mol. The molecule has 0 saturated heterocycles. The van der Waals surface area contributed by atoms with Crippen molar-refractivity contribution in [2.75, 3.05) is 6.54 Å². The van der Waals surface area contributed by atoms with Gasteiger partial charge in [-0.25, -0.2) is 0 Å². The number of phenols is 1. The third-order valence-corrected chi connectivity index (χ3v) is 4.13. The van der Waals surface area contributed by atoms with Crippen molar-refractivity contribution in [1.29, 1.82) is 0 Å². The number of hydrogen-bond acceptors (Lipinski definition) is 2. The van der Waals surface area contributed by atoms with Gasteiger partial charge >= 0.3 is 0 Å². The highest BCUT2D eigenvalue weighted by molar-refractivity contribution is 5.25. The first-order valence-electron chi connectivity index (χ1n) is 7.22. The fraction of sp³-hybridized carbons (Fsp3) is 0.625. The monoisotopic (exact) mass is 247 g/mol. The molecular weight excluding hydrogens is 222 g/mol. The van der Waals surface area contributed by atoms with E-state index in [0.29, 0.717) is 5.75 Å². The van der Waals surface area contributed by atoms with Crippen LogP contribution in [0.3, 0.4) is 0 Å². The van der Waals surface area contributed by atoms with E-state index in [2.05, 4.69) is 12.2 Å². The van der Waals surface area contributed by atoms with Crippen LogP contribution in [0.2, 0.25) is 0 Å². The van der Waals surface area contributed by atoms with Crippen molar-refractivity contribution >= 4 is 0 Å². The summed E-state index contributed by atoms with van der Waals surface area (Å²) in [6.07, 6.45) is 6.99. The van der Waals surface area contributed by atoms with Crippen molar-refractivity contribution in [3.05, 3.63) is 29.8 Å². The molecule has 0 aromatic heterocycles. The van der Waals surface area contributed by atoms with Crippen LogP contribution in [0.1, 0.15) is 44.6 Å². The minimum absolute atomic E-state index is 0.343. The van der Waals surface area contributed by atoms with Crippen LogP contribution in [0.5, 0.6) is 5.75 Å². The van der Waals surface area contributed by atoms with E-state index in [1.807, 2.05) is 12.1 Å². The number of benzene rings is 1. The first kappa shape index (κ1) is 13.4. The van der Waals surface area contributed by atoms with E-state index in [4.69, 9.17) is 0 Å². The molecule has 0 radical (unpaired) electrons. The standard InChI is InChI=1S/C16H25NO/c1-13-2-4-14(5-3-13)10-11-17-12-15-6-8-16(18)9-7-15/h6-9,13-14,17-18H,2-5,10-12H2,1H3. The maximum Gasteiger partial charge on any atom is 0.115 e. The minimum atomic E-state index is 0.343. The molecule has 1 aliphatic carbocycles. The SMILES string of the molecule is CC1CCC(CCNCc2ccc(O)cc2)CC1. The van der Waals surface area contributed by atoms with Crippen molar-refractivity contribution in [2.24, 2.45) is 11.8 Å². The summed E-state index contributed by atoms with van der Waals surface area (Å²) in [5.74, 6) is 2.23. The number of rotatable bonds is 5. The predicted octanol–water partition coefficient (Wildman–Crippen LogP) is 3.70. The molecule has 0 atom stereocenters. The smallest absolute Gasteiger partial charge is 0.115 e. The second kappa shape index (κ2) is 6.79. The van der Waals surface area contributed by atoms with Gasteiger partial charge in [-0.3, -0.25) is 0 Å². The van der Waals surface area contributed by atoms with E-state index in [1.165, 1.54) is 37.7 Å². The molecule has 0 spiro atoms. The molecule has 0 amide bonds. The molecule has 18 heavy (non-hydrogen) atoms. The van der Waals surface area contributed by atoms with Gasteiger partial charge in [0.2, 0.25) is 0 Å². The molecule has 1 aliphatic rings. The van der Waals surface area contributed by atoms with Crippen LogP contribution in [0, 0.1) is 11.8 Å². The molecule has 0 unspecified atom stereocenters. The lowest BCUT2D eigenvalue weighted by atomic mass is 9.81. The third kappa shape index (κ3) is 4.34. The van der Waals surface area contributed by atoms with Gasteiger partial charge in [-0.1, -0.05) is 44.7 Å². The van der Waals surface area contributed by atoms with Crippen molar-refractivity contribution in [1.82, 2.24) is 5.32 Å². The average molecular weight is 247 g/mol. The Morgan fingerprint density at radius 3 is 2.44 bits per heavy atom. The highest BCUT2D eigenvalue weighted by Gasteiger charge is 2.17. The van der Waals surface area contributed by atoms with E-state index < -0.39 is 0 Å². The fourth-order valence-corrected chi connectivity index (χ4v) is 2.77. The lowest BCUT2D eigenvalue weighted by Crippen LogP contribution is -2.20. The van der Waals surface area contributed by atoms with Crippen molar-refractivity contribution in [3.63, 3.8) is 0 Å². The first-order chi connectivity index (χ1) is 8.74. The number of phenolic OH excluding ortho intramolecular Hbond substituents is 1. The van der Waals surface area contributed by atoms with Gasteiger partial charge in [0, 0.05) is 6.54 Å². The molecule has 2 nitrogen and oxygen atoms in total. The molecule has 0 aliphatic heterocycles. The van der Waals surface area contributed by atoms with Crippen molar-refractivity contribution < 1.29 is 5.11 Å². The first-order valence-corrected chi connectivity index (χ1v) is 7.22. The lowest BCUT2D eigenvalue weighted by Gasteiger charge is -2.26. The van der Waals surface area contributed by atoms with Gasteiger partial charge in [0.15, 0.2) is 0 Å². The molecule has 1 fully saturated rings. The van der Waals surface area contributed by atoms with Crippen molar-refractivity contribution in [2.45, 2.75) is 45.6 Å². The molecule has 1 saturated carbocycles. The zero-order chi connectivity index (χ0) is 12.8. The van der Waals surface area contributed by atoms with Gasteiger partial charge in [-0.05, 0) is 42.5 Å². The van der Waals surface area contributed by atoms with E-state index in [-0.39, 0.29) is 0 Å². The zero-order valence-electron chi connectivity index (χ0n) is 11.4. The maximum absolute atomic E-state index is 9.20.